The number of carbonyl (C=O) groups is 1. The molecule has 1 aromatic rings. The van der Waals surface area contributed by atoms with E-state index < -0.39 is 0 Å². The topological polar surface area (TPSA) is 64.3 Å². The Labute approximate surface area is 95.8 Å². The van der Waals surface area contributed by atoms with Crippen LogP contribution >= 0.6 is 0 Å². The van der Waals surface area contributed by atoms with Gasteiger partial charge < -0.3 is 15.8 Å². The third-order valence-corrected chi connectivity index (χ3v) is 2.23. The molecule has 4 nitrogen and oxygen atoms in total. The minimum atomic E-state index is 0.0354. The molecule has 0 aliphatic heterocycles. The molecule has 0 heterocycles. The van der Waals surface area contributed by atoms with Gasteiger partial charge in [0.15, 0.2) is 0 Å². The van der Waals surface area contributed by atoms with Crippen molar-refractivity contribution < 1.29 is 9.53 Å². The fourth-order valence-corrected chi connectivity index (χ4v) is 1.33. The molecule has 0 bridgehead atoms. The van der Waals surface area contributed by atoms with Crippen LogP contribution in [0.5, 0.6) is 5.75 Å². The van der Waals surface area contributed by atoms with Gasteiger partial charge in [-0.05, 0) is 30.7 Å². The van der Waals surface area contributed by atoms with Crippen molar-refractivity contribution in [1.82, 2.24) is 5.32 Å². The van der Waals surface area contributed by atoms with Crippen molar-refractivity contribution >= 4 is 5.91 Å². The lowest BCUT2D eigenvalue weighted by molar-refractivity contribution is -0.121. The van der Waals surface area contributed by atoms with Crippen LogP contribution in [0, 0.1) is 0 Å². The summed E-state index contributed by atoms with van der Waals surface area (Å²) in [7, 11) is 1.62. The SMILES string of the molecule is COc1cccc(CNC(=O)CCCN)c1. The maximum atomic E-state index is 11.3. The lowest BCUT2D eigenvalue weighted by Gasteiger charge is -2.06. The zero-order valence-corrected chi connectivity index (χ0v) is 9.53. The van der Waals surface area contributed by atoms with Crippen molar-refractivity contribution in [2.75, 3.05) is 13.7 Å². The molecule has 0 atom stereocenters. The van der Waals surface area contributed by atoms with Crippen molar-refractivity contribution in [3.05, 3.63) is 29.8 Å². The Kier molecular flexibility index (Phi) is 5.36. The monoisotopic (exact) mass is 222 g/mol. The Bertz CT molecular complexity index is 340. The standard InChI is InChI=1S/C12H18N2O2/c1-16-11-5-2-4-10(8-11)9-14-12(15)6-3-7-13/h2,4-5,8H,3,6-7,9,13H2,1H3,(H,14,15). The van der Waals surface area contributed by atoms with Crippen LogP contribution < -0.4 is 15.8 Å². The molecule has 16 heavy (non-hydrogen) atoms. The number of carbonyl (C=O) groups excluding carboxylic acids is 1. The summed E-state index contributed by atoms with van der Waals surface area (Å²) in [6.07, 6.45) is 1.21. The van der Waals surface area contributed by atoms with E-state index in [0.29, 0.717) is 19.5 Å². The zero-order chi connectivity index (χ0) is 11.8. The highest BCUT2D eigenvalue weighted by Crippen LogP contribution is 2.12. The molecule has 0 saturated heterocycles. The van der Waals surface area contributed by atoms with Gasteiger partial charge in [-0.25, -0.2) is 0 Å². The van der Waals surface area contributed by atoms with E-state index in [2.05, 4.69) is 5.32 Å². The predicted molar refractivity (Wildman–Crippen MR) is 63.1 cm³/mol. The summed E-state index contributed by atoms with van der Waals surface area (Å²) < 4.78 is 5.10. The van der Waals surface area contributed by atoms with Gasteiger partial charge in [-0.1, -0.05) is 12.1 Å². The predicted octanol–water partition coefficient (Wildman–Crippen LogP) is 1.05. The Morgan fingerprint density at radius 2 is 2.31 bits per heavy atom. The molecule has 1 amide bonds. The second kappa shape index (κ2) is 6.85. The number of nitrogens with one attached hydrogen (secondary N) is 1. The van der Waals surface area contributed by atoms with Crippen LogP contribution in [-0.4, -0.2) is 19.6 Å². The van der Waals surface area contributed by atoms with Crippen molar-refractivity contribution in [2.24, 2.45) is 5.73 Å². The molecule has 0 fully saturated rings. The summed E-state index contributed by atoms with van der Waals surface area (Å²) in [5.74, 6) is 0.835. The lowest BCUT2D eigenvalue weighted by Crippen LogP contribution is -2.23. The summed E-state index contributed by atoms with van der Waals surface area (Å²) >= 11 is 0. The maximum absolute atomic E-state index is 11.3. The quantitative estimate of drug-likeness (QED) is 0.756. The molecular formula is C12H18N2O2. The fourth-order valence-electron chi connectivity index (χ4n) is 1.33. The van der Waals surface area contributed by atoms with Crippen LogP contribution in [0.15, 0.2) is 24.3 Å². The van der Waals surface area contributed by atoms with E-state index >= 15 is 0 Å². The molecule has 88 valence electrons. The smallest absolute Gasteiger partial charge is 0.220 e. The Balaban J connectivity index is 2.38. The Morgan fingerprint density at radius 1 is 1.50 bits per heavy atom. The van der Waals surface area contributed by atoms with Gasteiger partial charge in [0.25, 0.3) is 0 Å². The molecule has 0 aromatic heterocycles. The van der Waals surface area contributed by atoms with Crippen LogP contribution in [0.3, 0.4) is 0 Å². The molecule has 0 aliphatic carbocycles. The van der Waals surface area contributed by atoms with Crippen molar-refractivity contribution in [3.63, 3.8) is 0 Å². The van der Waals surface area contributed by atoms with Gasteiger partial charge in [-0.3, -0.25) is 4.79 Å². The molecule has 0 unspecified atom stereocenters. The minimum absolute atomic E-state index is 0.0354. The molecule has 3 N–H and O–H groups in total. The van der Waals surface area contributed by atoms with E-state index in [0.717, 1.165) is 17.7 Å². The Morgan fingerprint density at radius 3 is 3.00 bits per heavy atom. The molecule has 0 spiro atoms. The molecule has 0 saturated carbocycles. The van der Waals surface area contributed by atoms with Gasteiger partial charge in [-0.2, -0.15) is 0 Å². The van der Waals surface area contributed by atoms with Crippen LogP contribution in [0.1, 0.15) is 18.4 Å². The summed E-state index contributed by atoms with van der Waals surface area (Å²) in [6.45, 7) is 1.08. The van der Waals surface area contributed by atoms with E-state index in [1.807, 2.05) is 24.3 Å². The first-order valence-electron chi connectivity index (χ1n) is 5.36. The second-order valence-electron chi connectivity index (χ2n) is 3.52. The molecule has 0 aliphatic rings. The van der Waals surface area contributed by atoms with Crippen LogP contribution in [0.4, 0.5) is 0 Å². The summed E-state index contributed by atoms with van der Waals surface area (Å²) in [4.78, 5) is 11.3. The van der Waals surface area contributed by atoms with E-state index in [4.69, 9.17) is 10.5 Å². The molecule has 4 heteroatoms. The number of benzene rings is 1. The molecule has 1 aromatic carbocycles. The van der Waals surface area contributed by atoms with E-state index in [9.17, 15) is 4.79 Å². The first kappa shape index (κ1) is 12.5. The summed E-state index contributed by atoms with van der Waals surface area (Å²) in [5.41, 5.74) is 6.35. The second-order valence-corrected chi connectivity index (χ2v) is 3.52. The normalized spacial score (nSPS) is 9.88. The Hall–Kier alpha value is -1.55. The van der Waals surface area contributed by atoms with Crippen molar-refractivity contribution in [3.8, 4) is 5.75 Å². The number of methoxy groups -OCH3 is 1. The van der Waals surface area contributed by atoms with Gasteiger partial charge in [0, 0.05) is 13.0 Å². The number of ether oxygens (including phenoxy) is 1. The van der Waals surface area contributed by atoms with Crippen LogP contribution in [-0.2, 0) is 11.3 Å². The van der Waals surface area contributed by atoms with E-state index in [1.165, 1.54) is 0 Å². The van der Waals surface area contributed by atoms with Gasteiger partial charge in [0.05, 0.1) is 7.11 Å². The van der Waals surface area contributed by atoms with Crippen LogP contribution in [0.25, 0.3) is 0 Å². The highest BCUT2D eigenvalue weighted by molar-refractivity contribution is 5.75. The number of amides is 1. The van der Waals surface area contributed by atoms with Crippen molar-refractivity contribution in [1.29, 1.82) is 0 Å². The minimum Gasteiger partial charge on any atom is -0.497 e. The highest BCUT2D eigenvalue weighted by atomic mass is 16.5. The van der Waals surface area contributed by atoms with Crippen molar-refractivity contribution in [2.45, 2.75) is 19.4 Å². The van der Waals surface area contributed by atoms with Gasteiger partial charge >= 0.3 is 0 Å². The lowest BCUT2D eigenvalue weighted by atomic mass is 10.2. The summed E-state index contributed by atoms with van der Waals surface area (Å²) in [5, 5.41) is 2.84. The van der Waals surface area contributed by atoms with E-state index in [-0.39, 0.29) is 5.91 Å². The number of hydrogen-bond donors (Lipinski definition) is 2. The fraction of sp³-hybridized carbons (Fsp3) is 0.417. The van der Waals surface area contributed by atoms with Gasteiger partial charge in [-0.15, -0.1) is 0 Å². The van der Waals surface area contributed by atoms with Gasteiger partial charge in [0.1, 0.15) is 5.75 Å². The molecule has 1 rings (SSSR count). The first-order valence-corrected chi connectivity index (χ1v) is 5.36. The third-order valence-electron chi connectivity index (χ3n) is 2.23. The first-order chi connectivity index (χ1) is 7.76. The zero-order valence-electron chi connectivity index (χ0n) is 9.53. The largest absolute Gasteiger partial charge is 0.497 e. The molecule has 0 radical (unpaired) electrons. The van der Waals surface area contributed by atoms with E-state index in [1.54, 1.807) is 7.11 Å². The third kappa shape index (κ3) is 4.31. The maximum Gasteiger partial charge on any atom is 0.220 e. The number of nitrogens with two attached hydrogens (primary N) is 1. The average molecular weight is 222 g/mol. The number of hydrogen-bond acceptors (Lipinski definition) is 3. The molecular weight excluding hydrogens is 204 g/mol. The average Bonchev–Trinajstić information content (AvgIpc) is 2.34. The summed E-state index contributed by atoms with van der Waals surface area (Å²) in [6, 6.07) is 7.63. The van der Waals surface area contributed by atoms with Crippen LogP contribution in [0.2, 0.25) is 0 Å². The van der Waals surface area contributed by atoms with Gasteiger partial charge in [0.2, 0.25) is 5.91 Å². The number of rotatable bonds is 6. The highest BCUT2D eigenvalue weighted by Gasteiger charge is 2.01.